The first-order valence-corrected chi connectivity index (χ1v) is 13.8. The first-order chi connectivity index (χ1) is 18.4. The molecular formula is C25H27FN6O6S. The number of carbonyl (C=O) groups is 2. The number of aromatic nitrogens is 4. The molecule has 39 heavy (non-hydrogen) atoms. The van der Waals surface area contributed by atoms with Gasteiger partial charge in [-0.25, -0.2) is 22.3 Å². The van der Waals surface area contributed by atoms with Crippen molar-refractivity contribution in [1.82, 2.24) is 25.3 Å². The molecule has 206 valence electrons. The molecule has 14 heteroatoms. The number of carbonyl (C=O) groups excluding carboxylic acids is 1. The van der Waals surface area contributed by atoms with E-state index >= 15 is 0 Å². The maximum Gasteiger partial charge on any atom is 0.352 e. The van der Waals surface area contributed by atoms with E-state index in [1.807, 2.05) is 6.92 Å². The molecule has 0 saturated carbocycles. The molecule has 0 bridgehead atoms. The SMILES string of the molecule is C[C@@H](c1cccc2c(-c3ccc(CS(C)(=O)=O)c(F)c3)c(C(=O)O)[nH]c12)n1cc(CNC(=O)[C@@H](N)CO)nn1. The molecule has 0 radical (unpaired) electrons. The lowest BCUT2D eigenvalue weighted by molar-refractivity contribution is -0.123. The fraction of sp³-hybridized carbons (Fsp3) is 0.280. The van der Waals surface area contributed by atoms with E-state index in [-0.39, 0.29) is 28.9 Å². The van der Waals surface area contributed by atoms with Crippen LogP contribution in [0.25, 0.3) is 22.0 Å². The van der Waals surface area contributed by atoms with Crippen LogP contribution < -0.4 is 11.1 Å². The zero-order valence-corrected chi connectivity index (χ0v) is 21.9. The predicted molar refractivity (Wildman–Crippen MR) is 140 cm³/mol. The summed E-state index contributed by atoms with van der Waals surface area (Å²) < 4.78 is 39.6. The Bertz CT molecular complexity index is 1660. The number of sulfone groups is 1. The third-order valence-electron chi connectivity index (χ3n) is 6.22. The Balaban J connectivity index is 1.71. The van der Waals surface area contributed by atoms with E-state index in [0.29, 0.717) is 22.2 Å². The van der Waals surface area contributed by atoms with Gasteiger partial charge in [-0.05, 0) is 18.6 Å². The second-order valence-electron chi connectivity index (χ2n) is 9.20. The number of aromatic amines is 1. The van der Waals surface area contributed by atoms with E-state index in [1.54, 1.807) is 29.1 Å². The molecule has 12 nitrogen and oxygen atoms in total. The number of carboxylic acids is 1. The first-order valence-electron chi connectivity index (χ1n) is 11.8. The number of nitrogens with one attached hydrogen (secondary N) is 2. The number of nitrogens with zero attached hydrogens (tertiary/aromatic N) is 3. The van der Waals surface area contributed by atoms with Crippen LogP contribution in [0.4, 0.5) is 4.39 Å². The van der Waals surface area contributed by atoms with E-state index < -0.39 is 52.0 Å². The molecule has 0 aliphatic heterocycles. The van der Waals surface area contributed by atoms with Gasteiger partial charge < -0.3 is 26.2 Å². The van der Waals surface area contributed by atoms with Crippen LogP contribution in [0.3, 0.4) is 0 Å². The first kappa shape index (κ1) is 27.9. The molecule has 1 amide bonds. The van der Waals surface area contributed by atoms with Gasteiger partial charge in [0.25, 0.3) is 0 Å². The van der Waals surface area contributed by atoms with Crippen molar-refractivity contribution in [3.63, 3.8) is 0 Å². The van der Waals surface area contributed by atoms with Gasteiger partial charge in [-0.15, -0.1) is 5.10 Å². The van der Waals surface area contributed by atoms with E-state index in [2.05, 4.69) is 20.6 Å². The van der Waals surface area contributed by atoms with Gasteiger partial charge in [-0.3, -0.25) is 4.79 Å². The van der Waals surface area contributed by atoms with Crippen LogP contribution in [0.15, 0.2) is 42.6 Å². The average molecular weight is 559 g/mol. The Morgan fingerprint density at radius 3 is 2.64 bits per heavy atom. The minimum Gasteiger partial charge on any atom is -0.477 e. The number of hydrogen-bond acceptors (Lipinski definition) is 8. The van der Waals surface area contributed by atoms with Crippen molar-refractivity contribution in [2.75, 3.05) is 12.9 Å². The summed E-state index contributed by atoms with van der Waals surface area (Å²) in [7, 11) is -3.47. The van der Waals surface area contributed by atoms with E-state index in [4.69, 9.17) is 10.8 Å². The van der Waals surface area contributed by atoms with Gasteiger partial charge >= 0.3 is 5.97 Å². The quantitative estimate of drug-likeness (QED) is 0.191. The standard InChI is InChI=1S/C25H27FN6O6S/c1-13(32-10-16(30-31-32)9-28-24(34)20(27)11-33)17-4-3-5-18-21(23(25(35)36)29-22(17)18)14-6-7-15(19(26)8-14)12-39(2,37)38/h3-8,10,13,20,29,33H,9,11-12,27H2,1-2H3,(H,28,34)(H,35,36)/t13-,20-/m0/s1. The monoisotopic (exact) mass is 558 g/mol. The number of nitrogens with two attached hydrogens (primary N) is 1. The number of H-pyrrole nitrogens is 1. The van der Waals surface area contributed by atoms with Crippen molar-refractivity contribution < 1.29 is 32.6 Å². The fourth-order valence-electron chi connectivity index (χ4n) is 4.27. The molecule has 0 aliphatic carbocycles. The molecule has 2 aromatic heterocycles. The van der Waals surface area contributed by atoms with Crippen LogP contribution in [-0.2, 0) is 26.9 Å². The molecule has 4 aromatic rings. The van der Waals surface area contributed by atoms with Crippen molar-refractivity contribution >= 4 is 32.6 Å². The lowest BCUT2D eigenvalue weighted by atomic mass is 9.98. The van der Waals surface area contributed by atoms with E-state index in [9.17, 15) is 27.5 Å². The van der Waals surface area contributed by atoms with Crippen LogP contribution in [0.1, 0.15) is 40.3 Å². The lowest BCUT2D eigenvalue weighted by Crippen LogP contribution is -2.42. The number of fused-ring (bicyclic) bond motifs is 1. The topological polar surface area (TPSA) is 193 Å². The number of aromatic carboxylic acids is 1. The predicted octanol–water partition coefficient (Wildman–Crippen LogP) is 1.35. The maximum absolute atomic E-state index is 14.8. The summed E-state index contributed by atoms with van der Waals surface area (Å²) in [5.74, 6) is -3.01. The van der Waals surface area contributed by atoms with Gasteiger partial charge in [-0.2, -0.15) is 0 Å². The maximum atomic E-state index is 14.8. The Labute approximate surface area is 222 Å². The summed E-state index contributed by atoms with van der Waals surface area (Å²) in [6.07, 6.45) is 2.62. The molecule has 2 atom stereocenters. The zero-order valence-electron chi connectivity index (χ0n) is 21.1. The molecule has 6 N–H and O–H groups in total. The van der Waals surface area contributed by atoms with Gasteiger partial charge in [0, 0.05) is 28.3 Å². The Hall–Kier alpha value is -4.14. The highest BCUT2D eigenvalue weighted by atomic mass is 32.2. The molecule has 0 saturated heterocycles. The van der Waals surface area contributed by atoms with Crippen molar-refractivity contribution in [1.29, 1.82) is 0 Å². The summed E-state index contributed by atoms with van der Waals surface area (Å²) in [6, 6.07) is 7.73. The average Bonchev–Trinajstić information content (AvgIpc) is 3.52. The number of rotatable bonds is 10. The highest BCUT2D eigenvalue weighted by molar-refractivity contribution is 7.89. The lowest BCUT2D eigenvalue weighted by Gasteiger charge is -2.13. The Morgan fingerprint density at radius 1 is 1.26 bits per heavy atom. The summed E-state index contributed by atoms with van der Waals surface area (Å²) in [6.45, 7) is 1.38. The van der Waals surface area contributed by atoms with Crippen molar-refractivity contribution in [2.24, 2.45) is 5.73 Å². The fourth-order valence-corrected chi connectivity index (χ4v) is 5.07. The van der Waals surface area contributed by atoms with Crippen LogP contribution in [-0.4, -0.2) is 69.4 Å². The van der Waals surface area contributed by atoms with Crippen LogP contribution >= 0.6 is 0 Å². The van der Waals surface area contributed by atoms with Gasteiger partial charge in [-0.1, -0.05) is 35.5 Å². The number of amides is 1. The van der Waals surface area contributed by atoms with Crippen LogP contribution in [0.5, 0.6) is 0 Å². The van der Waals surface area contributed by atoms with Crippen molar-refractivity contribution in [2.45, 2.75) is 31.3 Å². The molecule has 0 aliphatic rings. The van der Waals surface area contributed by atoms with Crippen molar-refractivity contribution in [3.05, 3.63) is 70.9 Å². The highest BCUT2D eigenvalue weighted by Gasteiger charge is 2.24. The second kappa shape index (κ2) is 10.9. The highest BCUT2D eigenvalue weighted by Crippen LogP contribution is 2.37. The third kappa shape index (κ3) is 5.97. The van der Waals surface area contributed by atoms with Crippen LogP contribution in [0, 0.1) is 5.82 Å². The molecule has 0 fully saturated rings. The van der Waals surface area contributed by atoms with Crippen molar-refractivity contribution in [3.8, 4) is 11.1 Å². The number of aliphatic hydroxyl groups excluding tert-OH is 1. The van der Waals surface area contributed by atoms with Gasteiger partial charge in [0.15, 0.2) is 9.84 Å². The summed E-state index contributed by atoms with van der Waals surface area (Å²) in [4.78, 5) is 26.9. The summed E-state index contributed by atoms with van der Waals surface area (Å²) in [5, 5.41) is 30.2. The molecule has 2 aromatic carbocycles. The molecule has 0 spiro atoms. The molecule has 2 heterocycles. The molecule has 4 rings (SSSR count). The smallest absolute Gasteiger partial charge is 0.352 e. The number of carboxylic acid groups (broad SMARTS) is 1. The van der Waals surface area contributed by atoms with Gasteiger partial charge in [0.2, 0.25) is 5.91 Å². The minimum atomic E-state index is -3.47. The molecular weight excluding hydrogens is 531 g/mol. The van der Waals surface area contributed by atoms with E-state index in [1.165, 1.54) is 12.1 Å². The Kier molecular flexibility index (Phi) is 7.81. The minimum absolute atomic E-state index is 0.0104. The normalized spacial score (nSPS) is 13.4. The summed E-state index contributed by atoms with van der Waals surface area (Å²) in [5.41, 5.74) is 7.48. The molecule has 0 unspecified atom stereocenters. The van der Waals surface area contributed by atoms with Gasteiger partial charge in [0.05, 0.1) is 36.7 Å². The number of hydrogen-bond donors (Lipinski definition) is 5. The largest absolute Gasteiger partial charge is 0.477 e. The van der Waals surface area contributed by atoms with Gasteiger partial charge in [0.1, 0.15) is 23.2 Å². The van der Waals surface area contributed by atoms with Crippen LogP contribution in [0.2, 0.25) is 0 Å². The van der Waals surface area contributed by atoms with E-state index in [0.717, 1.165) is 12.3 Å². The second-order valence-corrected chi connectivity index (χ2v) is 11.3. The number of aliphatic hydroxyl groups is 1. The Morgan fingerprint density at radius 2 is 2.00 bits per heavy atom. The number of halogens is 1. The zero-order chi connectivity index (χ0) is 28.5. The number of para-hydroxylation sites is 1. The number of benzene rings is 2. The third-order valence-corrected chi connectivity index (χ3v) is 7.06. The summed E-state index contributed by atoms with van der Waals surface area (Å²) >= 11 is 0.